The van der Waals surface area contributed by atoms with Crippen molar-refractivity contribution in [1.82, 2.24) is 4.98 Å². The molecule has 0 fully saturated rings. The Hall–Kier alpha value is -1.65. The van der Waals surface area contributed by atoms with Gasteiger partial charge in [0, 0.05) is 5.02 Å². The van der Waals surface area contributed by atoms with E-state index in [1.54, 1.807) is 18.2 Å². The average Bonchev–Trinajstić information content (AvgIpc) is 2.71. The summed E-state index contributed by atoms with van der Waals surface area (Å²) in [4.78, 5) is 4.36. The number of phenols is 1. The molecule has 5 heteroatoms. The minimum Gasteiger partial charge on any atom is -0.507 e. The second kappa shape index (κ2) is 4.23. The van der Waals surface area contributed by atoms with E-state index in [0.717, 1.165) is 4.70 Å². The molecule has 3 rings (SSSR count). The maximum atomic E-state index is 13.1. The minimum atomic E-state index is -0.293. The molecule has 0 atom stereocenters. The van der Waals surface area contributed by atoms with Crippen molar-refractivity contribution >= 4 is 33.2 Å². The molecule has 0 spiro atoms. The van der Waals surface area contributed by atoms with Crippen LogP contribution < -0.4 is 0 Å². The molecule has 0 bridgehead atoms. The van der Waals surface area contributed by atoms with Gasteiger partial charge in [0.15, 0.2) is 0 Å². The molecule has 0 saturated heterocycles. The molecule has 0 unspecified atom stereocenters. The lowest BCUT2D eigenvalue weighted by atomic mass is 10.2. The SMILES string of the molecule is Oc1cc(Cl)ccc1-c1nc2ccc(F)cc2s1. The van der Waals surface area contributed by atoms with Crippen LogP contribution in [0.1, 0.15) is 0 Å². The Labute approximate surface area is 111 Å². The summed E-state index contributed by atoms with van der Waals surface area (Å²) >= 11 is 7.11. The van der Waals surface area contributed by atoms with E-state index >= 15 is 0 Å². The van der Waals surface area contributed by atoms with E-state index in [-0.39, 0.29) is 11.6 Å². The highest BCUT2D eigenvalue weighted by molar-refractivity contribution is 7.21. The lowest BCUT2D eigenvalue weighted by Crippen LogP contribution is -1.77. The maximum absolute atomic E-state index is 13.1. The third kappa shape index (κ3) is 1.94. The van der Waals surface area contributed by atoms with Crippen LogP contribution in [0.4, 0.5) is 4.39 Å². The molecule has 1 heterocycles. The highest BCUT2D eigenvalue weighted by Crippen LogP contribution is 2.36. The van der Waals surface area contributed by atoms with Gasteiger partial charge in [0.1, 0.15) is 16.6 Å². The predicted molar refractivity (Wildman–Crippen MR) is 71.7 cm³/mol. The van der Waals surface area contributed by atoms with Gasteiger partial charge in [0.25, 0.3) is 0 Å². The first-order chi connectivity index (χ1) is 8.63. The first kappa shape index (κ1) is 11.4. The zero-order valence-electron chi connectivity index (χ0n) is 9.02. The normalized spacial score (nSPS) is 11.0. The van der Waals surface area contributed by atoms with Crippen molar-refractivity contribution in [3.8, 4) is 16.3 Å². The summed E-state index contributed by atoms with van der Waals surface area (Å²) in [6.07, 6.45) is 0. The number of rotatable bonds is 1. The summed E-state index contributed by atoms with van der Waals surface area (Å²) in [5.74, 6) is -0.222. The molecule has 0 radical (unpaired) electrons. The van der Waals surface area contributed by atoms with Gasteiger partial charge < -0.3 is 5.11 Å². The summed E-state index contributed by atoms with van der Waals surface area (Å²) in [6.45, 7) is 0. The van der Waals surface area contributed by atoms with E-state index < -0.39 is 0 Å². The Morgan fingerprint density at radius 1 is 1.17 bits per heavy atom. The van der Waals surface area contributed by atoms with Gasteiger partial charge in [-0.3, -0.25) is 0 Å². The average molecular weight is 280 g/mol. The van der Waals surface area contributed by atoms with Gasteiger partial charge in [-0.2, -0.15) is 0 Å². The molecule has 90 valence electrons. The number of halogens is 2. The number of benzene rings is 2. The topological polar surface area (TPSA) is 33.1 Å². The number of thiazole rings is 1. The summed E-state index contributed by atoms with van der Waals surface area (Å²) in [7, 11) is 0. The number of phenolic OH excluding ortho intramolecular Hbond substituents is 1. The molecule has 0 aliphatic carbocycles. The summed E-state index contributed by atoms with van der Waals surface area (Å²) < 4.78 is 13.8. The van der Waals surface area contributed by atoms with E-state index in [1.807, 2.05) is 0 Å². The summed E-state index contributed by atoms with van der Waals surface area (Å²) in [5.41, 5.74) is 1.31. The molecular formula is C13H7ClFNOS. The van der Waals surface area contributed by atoms with E-state index in [2.05, 4.69) is 4.98 Å². The molecule has 0 aliphatic heterocycles. The fraction of sp³-hybridized carbons (Fsp3) is 0. The van der Waals surface area contributed by atoms with Crippen molar-refractivity contribution in [2.75, 3.05) is 0 Å². The molecule has 2 nitrogen and oxygen atoms in total. The van der Waals surface area contributed by atoms with Crippen molar-refractivity contribution in [3.63, 3.8) is 0 Å². The van der Waals surface area contributed by atoms with Gasteiger partial charge in [-0.1, -0.05) is 11.6 Å². The van der Waals surface area contributed by atoms with Gasteiger partial charge in [-0.25, -0.2) is 9.37 Å². The Kier molecular flexibility index (Phi) is 2.69. The van der Waals surface area contributed by atoms with Gasteiger partial charge >= 0.3 is 0 Å². The molecular weight excluding hydrogens is 273 g/mol. The number of aromatic nitrogens is 1. The summed E-state index contributed by atoms with van der Waals surface area (Å²) in [6, 6.07) is 9.27. The Morgan fingerprint density at radius 3 is 2.78 bits per heavy atom. The fourth-order valence-corrected chi connectivity index (χ4v) is 2.89. The highest BCUT2D eigenvalue weighted by atomic mass is 35.5. The fourth-order valence-electron chi connectivity index (χ4n) is 1.70. The van der Waals surface area contributed by atoms with Crippen LogP contribution in [0.25, 0.3) is 20.8 Å². The smallest absolute Gasteiger partial charge is 0.128 e. The van der Waals surface area contributed by atoms with E-state index in [4.69, 9.17) is 11.6 Å². The third-order valence-corrected chi connectivity index (χ3v) is 3.83. The van der Waals surface area contributed by atoms with Crippen LogP contribution in [0.2, 0.25) is 5.02 Å². The van der Waals surface area contributed by atoms with Crippen molar-refractivity contribution in [1.29, 1.82) is 0 Å². The van der Waals surface area contributed by atoms with Crippen LogP contribution in [0.15, 0.2) is 36.4 Å². The first-order valence-electron chi connectivity index (χ1n) is 5.18. The van der Waals surface area contributed by atoms with Crippen molar-refractivity contribution < 1.29 is 9.50 Å². The van der Waals surface area contributed by atoms with Crippen molar-refractivity contribution in [2.24, 2.45) is 0 Å². The molecule has 3 aromatic rings. The predicted octanol–water partition coefficient (Wildman–Crippen LogP) is 4.46. The quantitative estimate of drug-likeness (QED) is 0.713. The number of fused-ring (bicyclic) bond motifs is 1. The van der Waals surface area contributed by atoms with Crippen molar-refractivity contribution in [2.45, 2.75) is 0 Å². The number of aromatic hydroxyl groups is 1. The lowest BCUT2D eigenvalue weighted by molar-refractivity contribution is 0.477. The Bertz CT molecular complexity index is 741. The van der Waals surface area contributed by atoms with Crippen LogP contribution in [0.3, 0.4) is 0 Å². The van der Waals surface area contributed by atoms with E-state index in [1.165, 1.54) is 29.5 Å². The minimum absolute atomic E-state index is 0.0713. The molecule has 0 amide bonds. The zero-order chi connectivity index (χ0) is 12.7. The standard InChI is InChI=1S/C13H7ClFNOS/c14-7-1-3-9(11(17)5-7)13-16-10-4-2-8(15)6-12(10)18-13/h1-6,17H. The van der Waals surface area contributed by atoms with Gasteiger partial charge in [-0.15, -0.1) is 11.3 Å². The van der Waals surface area contributed by atoms with Gasteiger partial charge in [-0.05, 0) is 36.4 Å². The molecule has 2 aromatic carbocycles. The molecule has 1 aromatic heterocycles. The number of nitrogens with zero attached hydrogens (tertiary/aromatic N) is 1. The third-order valence-electron chi connectivity index (χ3n) is 2.54. The van der Waals surface area contributed by atoms with E-state index in [9.17, 15) is 9.50 Å². The second-order valence-electron chi connectivity index (χ2n) is 3.79. The largest absolute Gasteiger partial charge is 0.507 e. The molecule has 0 aliphatic rings. The first-order valence-corrected chi connectivity index (χ1v) is 6.38. The second-order valence-corrected chi connectivity index (χ2v) is 5.26. The molecule has 1 N–H and O–H groups in total. The maximum Gasteiger partial charge on any atom is 0.128 e. The van der Waals surface area contributed by atoms with Crippen LogP contribution in [-0.4, -0.2) is 10.1 Å². The Balaban J connectivity index is 2.19. The highest BCUT2D eigenvalue weighted by Gasteiger charge is 2.11. The summed E-state index contributed by atoms with van der Waals surface area (Å²) in [5, 5.41) is 10.9. The van der Waals surface area contributed by atoms with Crippen LogP contribution >= 0.6 is 22.9 Å². The molecule has 18 heavy (non-hydrogen) atoms. The number of hydrogen-bond acceptors (Lipinski definition) is 3. The van der Waals surface area contributed by atoms with Crippen molar-refractivity contribution in [3.05, 3.63) is 47.2 Å². The van der Waals surface area contributed by atoms with E-state index in [0.29, 0.717) is 21.1 Å². The van der Waals surface area contributed by atoms with Crippen LogP contribution in [-0.2, 0) is 0 Å². The lowest BCUT2D eigenvalue weighted by Gasteiger charge is -2.00. The van der Waals surface area contributed by atoms with Crippen LogP contribution in [0, 0.1) is 5.82 Å². The monoisotopic (exact) mass is 279 g/mol. The Morgan fingerprint density at radius 2 is 2.00 bits per heavy atom. The van der Waals surface area contributed by atoms with Crippen LogP contribution in [0.5, 0.6) is 5.75 Å². The van der Waals surface area contributed by atoms with Gasteiger partial charge in [0.05, 0.1) is 15.8 Å². The number of hydrogen-bond donors (Lipinski definition) is 1. The molecule has 0 saturated carbocycles. The van der Waals surface area contributed by atoms with Gasteiger partial charge in [0.2, 0.25) is 0 Å². The zero-order valence-corrected chi connectivity index (χ0v) is 10.6.